The molecule has 1 N–H and O–H groups in total. The first-order valence-electron chi connectivity index (χ1n) is 9.83. The highest BCUT2D eigenvalue weighted by atomic mass is 16.5. The van der Waals surface area contributed by atoms with Gasteiger partial charge in [0.05, 0.1) is 6.10 Å². The maximum atomic E-state index is 13.1. The molecule has 2 aromatic carbocycles. The molecule has 28 heavy (non-hydrogen) atoms. The molecule has 4 rings (SSSR count). The highest BCUT2D eigenvalue weighted by molar-refractivity contribution is 6.01. The Labute approximate surface area is 163 Å². The van der Waals surface area contributed by atoms with Gasteiger partial charge in [0.15, 0.2) is 5.78 Å². The Kier molecular flexibility index (Phi) is 5.13. The van der Waals surface area contributed by atoms with E-state index in [2.05, 4.69) is 5.32 Å². The summed E-state index contributed by atoms with van der Waals surface area (Å²) in [5, 5.41) is 4.92. The Morgan fingerprint density at radius 1 is 1.21 bits per heavy atom. The fraction of sp³-hybridized carbons (Fsp3) is 0.409. The molecule has 0 saturated carbocycles. The summed E-state index contributed by atoms with van der Waals surface area (Å²) in [6.07, 6.45) is 1.75. The van der Waals surface area contributed by atoms with Gasteiger partial charge in [-0.15, -0.1) is 0 Å². The van der Waals surface area contributed by atoms with Crippen LogP contribution in [0.1, 0.15) is 36.5 Å². The third-order valence-electron chi connectivity index (χ3n) is 5.59. The summed E-state index contributed by atoms with van der Waals surface area (Å²) >= 11 is 0. The lowest BCUT2D eigenvalue weighted by Gasteiger charge is -2.27. The summed E-state index contributed by atoms with van der Waals surface area (Å²) in [6.45, 7) is 2.53. The zero-order valence-electron chi connectivity index (χ0n) is 15.9. The second-order valence-electron chi connectivity index (χ2n) is 7.46. The largest absolute Gasteiger partial charge is 0.368 e. The van der Waals surface area contributed by atoms with E-state index < -0.39 is 12.1 Å². The second kappa shape index (κ2) is 7.72. The smallest absolute Gasteiger partial charge is 0.251 e. The molecule has 0 spiro atoms. The van der Waals surface area contributed by atoms with Crippen LogP contribution in [0.15, 0.2) is 42.5 Å². The number of ether oxygens (including phenoxy) is 1. The quantitative estimate of drug-likeness (QED) is 0.864. The SMILES string of the molecule is CCCC(NC(=O)c1ccc2ccccc2c1)C(=O)N1CCC2OCC(=O)C21. The fourth-order valence-electron chi connectivity index (χ4n) is 4.16. The van der Waals surface area contributed by atoms with Gasteiger partial charge in [0.2, 0.25) is 5.91 Å². The van der Waals surface area contributed by atoms with Crippen molar-refractivity contribution in [3.63, 3.8) is 0 Å². The zero-order chi connectivity index (χ0) is 19.7. The molecule has 0 bridgehead atoms. The van der Waals surface area contributed by atoms with E-state index in [0.717, 1.165) is 17.2 Å². The molecule has 0 radical (unpaired) electrons. The molecule has 2 amide bonds. The number of rotatable bonds is 5. The Balaban J connectivity index is 1.51. The van der Waals surface area contributed by atoms with Crippen molar-refractivity contribution in [2.75, 3.05) is 13.2 Å². The molecule has 6 nitrogen and oxygen atoms in total. The predicted molar refractivity (Wildman–Crippen MR) is 105 cm³/mol. The molecule has 2 aliphatic heterocycles. The Morgan fingerprint density at radius 2 is 2.00 bits per heavy atom. The van der Waals surface area contributed by atoms with Crippen LogP contribution in [-0.2, 0) is 14.3 Å². The number of fused-ring (bicyclic) bond motifs is 2. The molecule has 0 aromatic heterocycles. The number of likely N-dealkylation sites (tertiary alicyclic amines) is 1. The first-order chi connectivity index (χ1) is 13.6. The van der Waals surface area contributed by atoms with Gasteiger partial charge in [-0.25, -0.2) is 0 Å². The van der Waals surface area contributed by atoms with Crippen molar-refractivity contribution in [2.45, 2.75) is 44.4 Å². The average molecular weight is 380 g/mol. The van der Waals surface area contributed by atoms with Crippen LogP contribution in [0, 0.1) is 0 Å². The molecule has 2 heterocycles. The zero-order valence-corrected chi connectivity index (χ0v) is 15.9. The van der Waals surface area contributed by atoms with Gasteiger partial charge in [0.25, 0.3) is 5.91 Å². The number of hydrogen-bond donors (Lipinski definition) is 1. The molecule has 0 aliphatic carbocycles. The maximum absolute atomic E-state index is 13.1. The minimum Gasteiger partial charge on any atom is -0.368 e. The summed E-state index contributed by atoms with van der Waals surface area (Å²) in [6, 6.07) is 12.2. The number of benzene rings is 2. The minimum atomic E-state index is -0.642. The number of carbonyl (C=O) groups is 3. The van der Waals surface area contributed by atoms with Gasteiger partial charge < -0.3 is 15.0 Å². The average Bonchev–Trinajstić information content (AvgIpc) is 3.30. The van der Waals surface area contributed by atoms with E-state index in [1.807, 2.05) is 43.3 Å². The van der Waals surface area contributed by atoms with Gasteiger partial charge in [-0.1, -0.05) is 43.7 Å². The fourth-order valence-corrected chi connectivity index (χ4v) is 4.16. The summed E-state index contributed by atoms with van der Waals surface area (Å²) < 4.78 is 5.47. The summed E-state index contributed by atoms with van der Waals surface area (Å²) in [5.74, 6) is -0.517. The lowest BCUT2D eigenvalue weighted by atomic mass is 10.0. The van der Waals surface area contributed by atoms with E-state index in [0.29, 0.717) is 24.9 Å². The molecule has 2 aliphatic rings. The van der Waals surface area contributed by atoms with Crippen LogP contribution < -0.4 is 5.32 Å². The van der Waals surface area contributed by atoms with Crippen molar-refractivity contribution >= 4 is 28.4 Å². The lowest BCUT2D eigenvalue weighted by molar-refractivity contribution is -0.138. The van der Waals surface area contributed by atoms with E-state index in [4.69, 9.17) is 4.74 Å². The van der Waals surface area contributed by atoms with Crippen molar-refractivity contribution < 1.29 is 19.1 Å². The highest BCUT2D eigenvalue weighted by Crippen LogP contribution is 2.28. The van der Waals surface area contributed by atoms with Crippen LogP contribution in [0.25, 0.3) is 10.8 Å². The molecular formula is C22H24N2O4. The summed E-state index contributed by atoms with van der Waals surface area (Å²) in [5.41, 5.74) is 0.521. The second-order valence-corrected chi connectivity index (χ2v) is 7.46. The number of nitrogens with zero attached hydrogens (tertiary/aromatic N) is 1. The summed E-state index contributed by atoms with van der Waals surface area (Å²) in [4.78, 5) is 39.6. The number of ketones is 1. The number of carbonyl (C=O) groups excluding carboxylic acids is 3. The summed E-state index contributed by atoms with van der Waals surface area (Å²) in [7, 11) is 0. The van der Waals surface area contributed by atoms with Gasteiger partial charge in [-0.05, 0) is 35.7 Å². The van der Waals surface area contributed by atoms with E-state index in [1.165, 1.54) is 0 Å². The molecule has 6 heteroatoms. The van der Waals surface area contributed by atoms with Gasteiger partial charge in [-0.3, -0.25) is 14.4 Å². The van der Waals surface area contributed by atoms with Crippen LogP contribution in [0.3, 0.4) is 0 Å². The van der Waals surface area contributed by atoms with E-state index >= 15 is 0 Å². The van der Waals surface area contributed by atoms with E-state index in [9.17, 15) is 14.4 Å². The van der Waals surface area contributed by atoms with Crippen molar-refractivity contribution in [3.8, 4) is 0 Å². The number of nitrogens with one attached hydrogen (secondary N) is 1. The monoisotopic (exact) mass is 380 g/mol. The van der Waals surface area contributed by atoms with Gasteiger partial charge in [0.1, 0.15) is 18.7 Å². The van der Waals surface area contributed by atoms with Crippen LogP contribution in [0.2, 0.25) is 0 Å². The predicted octanol–water partition coefficient (Wildman–Crippen LogP) is 2.31. The highest BCUT2D eigenvalue weighted by Gasteiger charge is 2.47. The van der Waals surface area contributed by atoms with Crippen molar-refractivity contribution in [1.29, 1.82) is 0 Å². The molecule has 2 aromatic rings. The van der Waals surface area contributed by atoms with Crippen LogP contribution >= 0.6 is 0 Å². The third kappa shape index (κ3) is 3.40. The Bertz CT molecular complexity index is 926. The first kappa shape index (κ1) is 18.6. The molecule has 3 atom stereocenters. The standard InChI is InChI=1S/C22H24N2O4/c1-2-5-17(22(27)24-11-10-19-20(24)18(25)13-28-19)23-21(26)16-9-8-14-6-3-4-7-15(14)12-16/h3-4,6-9,12,17,19-20H,2,5,10-11,13H2,1H3,(H,23,26). The Hall–Kier alpha value is -2.73. The molecule has 3 unspecified atom stereocenters. The number of Topliss-reactive ketones (excluding diaryl/α,β-unsaturated/α-hetero) is 1. The van der Waals surface area contributed by atoms with E-state index in [-0.39, 0.29) is 30.3 Å². The molecule has 2 saturated heterocycles. The third-order valence-corrected chi connectivity index (χ3v) is 5.59. The minimum absolute atomic E-state index is 0.0491. The molecule has 146 valence electrons. The molecule has 2 fully saturated rings. The van der Waals surface area contributed by atoms with Crippen LogP contribution in [0.4, 0.5) is 0 Å². The lowest BCUT2D eigenvalue weighted by Crippen LogP contribution is -2.52. The number of amides is 2. The van der Waals surface area contributed by atoms with Crippen LogP contribution in [0.5, 0.6) is 0 Å². The van der Waals surface area contributed by atoms with Crippen LogP contribution in [-0.4, -0.2) is 53.8 Å². The topological polar surface area (TPSA) is 75.7 Å². The van der Waals surface area contributed by atoms with E-state index in [1.54, 1.807) is 11.0 Å². The van der Waals surface area contributed by atoms with Gasteiger partial charge in [0, 0.05) is 12.1 Å². The van der Waals surface area contributed by atoms with Crippen molar-refractivity contribution in [2.24, 2.45) is 0 Å². The van der Waals surface area contributed by atoms with Gasteiger partial charge >= 0.3 is 0 Å². The Morgan fingerprint density at radius 3 is 2.79 bits per heavy atom. The van der Waals surface area contributed by atoms with Gasteiger partial charge in [-0.2, -0.15) is 0 Å². The van der Waals surface area contributed by atoms with Crippen molar-refractivity contribution in [1.82, 2.24) is 10.2 Å². The first-order valence-corrected chi connectivity index (χ1v) is 9.83. The normalized spacial score (nSPS) is 22.3. The maximum Gasteiger partial charge on any atom is 0.251 e. The number of hydrogen-bond acceptors (Lipinski definition) is 4. The van der Waals surface area contributed by atoms with Crippen molar-refractivity contribution in [3.05, 3.63) is 48.0 Å². The molecular weight excluding hydrogens is 356 g/mol.